The first-order valence-corrected chi connectivity index (χ1v) is 8.87. The minimum absolute atomic E-state index is 0.242. The normalized spacial score (nSPS) is 24.5. The molecule has 2 aliphatic heterocycles. The van der Waals surface area contributed by atoms with Gasteiger partial charge < -0.3 is 10.1 Å². The summed E-state index contributed by atoms with van der Waals surface area (Å²) in [5.41, 5.74) is 0.696. The van der Waals surface area contributed by atoms with Crippen LogP contribution in [0, 0.1) is 0 Å². The van der Waals surface area contributed by atoms with Gasteiger partial charge in [0.15, 0.2) is 0 Å². The third-order valence-corrected chi connectivity index (χ3v) is 6.09. The van der Waals surface area contributed by atoms with Gasteiger partial charge in [-0.15, -0.1) is 0 Å². The Morgan fingerprint density at radius 1 is 1.27 bits per heavy atom. The van der Waals surface area contributed by atoms with E-state index in [4.69, 9.17) is 4.74 Å². The first kappa shape index (κ1) is 15.6. The Labute approximate surface area is 130 Å². The molecule has 8 nitrogen and oxygen atoms in total. The fourth-order valence-electron chi connectivity index (χ4n) is 2.90. The number of nitrogens with one attached hydrogen (secondary N) is 1. The van der Waals surface area contributed by atoms with E-state index in [-0.39, 0.29) is 6.04 Å². The molecule has 1 N–H and O–H groups in total. The van der Waals surface area contributed by atoms with Crippen molar-refractivity contribution in [1.29, 1.82) is 0 Å². The highest BCUT2D eigenvalue weighted by atomic mass is 32.2. The molecule has 2 saturated heterocycles. The summed E-state index contributed by atoms with van der Waals surface area (Å²) in [6.45, 7) is 2.25. The van der Waals surface area contributed by atoms with Gasteiger partial charge in [-0.1, -0.05) is 0 Å². The van der Waals surface area contributed by atoms with Gasteiger partial charge in [0, 0.05) is 26.7 Å². The SMILES string of the molecule is CNc1cncc([C@@H]2CCCN2S(=O)(=O)N2CCOCC2)n1. The van der Waals surface area contributed by atoms with Crippen LogP contribution in [0.1, 0.15) is 24.6 Å². The molecule has 122 valence electrons. The Kier molecular flexibility index (Phi) is 4.57. The molecule has 3 rings (SSSR count). The van der Waals surface area contributed by atoms with Gasteiger partial charge in [-0.2, -0.15) is 17.0 Å². The van der Waals surface area contributed by atoms with Crippen LogP contribution in [0.15, 0.2) is 12.4 Å². The van der Waals surface area contributed by atoms with E-state index in [1.54, 1.807) is 23.7 Å². The summed E-state index contributed by atoms with van der Waals surface area (Å²) in [6.07, 6.45) is 4.88. The van der Waals surface area contributed by atoms with Crippen molar-refractivity contribution in [3.8, 4) is 0 Å². The lowest BCUT2D eigenvalue weighted by Crippen LogP contribution is -2.48. The third kappa shape index (κ3) is 2.94. The number of anilines is 1. The molecule has 0 aliphatic carbocycles. The second-order valence-electron chi connectivity index (χ2n) is 5.37. The van der Waals surface area contributed by atoms with Crippen molar-refractivity contribution in [2.75, 3.05) is 45.2 Å². The number of ether oxygens (including phenoxy) is 1. The van der Waals surface area contributed by atoms with Gasteiger partial charge >= 0.3 is 0 Å². The number of hydrogen-bond acceptors (Lipinski definition) is 6. The predicted molar refractivity (Wildman–Crippen MR) is 81.6 cm³/mol. The number of hydrogen-bond donors (Lipinski definition) is 1. The van der Waals surface area contributed by atoms with Crippen molar-refractivity contribution in [3.05, 3.63) is 18.1 Å². The maximum atomic E-state index is 12.9. The number of nitrogens with zero attached hydrogens (tertiary/aromatic N) is 4. The second-order valence-corrected chi connectivity index (χ2v) is 7.25. The molecule has 0 spiro atoms. The quantitative estimate of drug-likeness (QED) is 0.852. The topological polar surface area (TPSA) is 87.7 Å². The summed E-state index contributed by atoms with van der Waals surface area (Å²) in [6, 6.07) is -0.242. The largest absolute Gasteiger partial charge is 0.379 e. The van der Waals surface area contributed by atoms with Gasteiger partial charge in [-0.3, -0.25) is 4.98 Å². The minimum Gasteiger partial charge on any atom is -0.379 e. The lowest BCUT2D eigenvalue weighted by molar-refractivity contribution is 0.0698. The van der Waals surface area contributed by atoms with Crippen molar-refractivity contribution < 1.29 is 13.2 Å². The molecule has 0 amide bonds. The van der Waals surface area contributed by atoms with E-state index in [1.807, 2.05) is 0 Å². The van der Waals surface area contributed by atoms with Crippen LogP contribution >= 0.6 is 0 Å². The molecule has 0 unspecified atom stereocenters. The first-order valence-electron chi connectivity index (χ1n) is 7.47. The van der Waals surface area contributed by atoms with Crippen LogP contribution in [0.3, 0.4) is 0 Å². The van der Waals surface area contributed by atoms with Crippen LogP contribution < -0.4 is 5.32 Å². The Balaban J connectivity index is 1.85. The standard InChI is InChI=1S/C13H21N5O3S/c1-14-13-10-15-9-11(16-13)12-3-2-4-18(12)22(19,20)17-5-7-21-8-6-17/h9-10,12H,2-8H2,1H3,(H,14,16)/t12-/m0/s1. The van der Waals surface area contributed by atoms with E-state index in [0.717, 1.165) is 12.8 Å². The molecular weight excluding hydrogens is 306 g/mol. The Morgan fingerprint density at radius 3 is 2.77 bits per heavy atom. The van der Waals surface area contributed by atoms with Gasteiger partial charge in [0.1, 0.15) is 5.82 Å². The summed E-state index contributed by atoms with van der Waals surface area (Å²) in [5.74, 6) is 0.646. The number of rotatable bonds is 4. The van der Waals surface area contributed by atoms with Gasteiger partial charge in [0.2, 0.25) is 0 Å². The predicted octanol–water partition coefficient (Wildman–Crippen LogP) is 0.232. The fourth-order valence-corrected chi connectivity index (χ4v) is 4.70. The zero-order valence-corrected chi connectivity index (χ0v) is 13.4. The second kappa shape index (κ2) is 6.45. The highest BCUT2D eigenvalue weighted by Gasteiger charge is 2.40. The minimum atomic E-state index is -3.48. The fraction of sp³-hybridized carbons (Fsp3) is 0.692. The summed E-state index contributed by atoms with van der Waals surface area (Å²) in [5, 5.41) is 2.94. The zero-order chi connectivity index (χ0) is 15.6. The molecule has 3 heterocycles. The summed E-state index contributed by atoms with van der Waals surface area (Å²) < 4.78 is 34.0. The molecule has 2 aliphatic rings. The van der Waals surface area contributed by atoms with E-state index < -0.39 is 10.2 Å². The lowest BCUT2D eigenvalue weighted by atomic mass is 10.2. The molecule has 9 heteroatoms. The van der Waals surface area contributed by atoms with Crippen molar-refractivity contribution in [3.63, 3.8) is 0 Å². The van der Waals surface area contributed by atoms with Gasteiger partial charge in [0.05, 0.1) is 37.3 Å². The Hall–Kier alpha value is -1.29. The molecule has 0 aromatic carbocycles. The smallest absolute Gasteiger partial charge is 0.282 e. The van der Waals surface area contributed by atoms with Crippen LogP contribution in [-0.2, 0) is 14.9 Å². The summed E-state index contributed by atoms with van der Waals surface area (Å²) in [7, 11) is -1.71. The van der Waals surface area contributed by atoms with Crippen molar-refractivity contribution >= 4 is 16.0 Å². The zero-order valence-electron chi connectivity index (χ0n) is 12.6. The van der Waals surface area contributed by atoms with Crippen molar-refractivity contribution in [2.45, 2.75) is 18.9 Å². The van der Waals surface area contributed by atoms with E-state index >= 15 is 0 Å². The number of aromatic nitrogens is 2. The van der Waals surface area contributed by atoms with Crippen molar-refractivity contribution in [1.82, 2.24) is 18.6 Å². The maximum absolute atomic E-state index is 12.9. The summed E-state index contributed by atoms with van der Waals surface area (Å²) in [4.78, 5) is 8.61. The van der Waals surface area contributed by atoms with E-state index in [9.17, 15) is 8.42 Å². The molecular formula is C13H21N5O3S. The first-order chi connectivity index (χ1) is 10.6. The van der Waals surface area contributed by atoms with Crippen molar-refractivity contribution in [2.24, 2.45) is 0 Å². The maximum Gasteiger partial charge on any atom is 0.282 e. The molecule has 1 aromatic heterocycles. The molecule has 0 saturated carbocycles. The van der Waals surface area contributed by atoms with Crippen LogP contribution in [0.2, 0.25) is 0 Å². The number of morpholine rings is 1. The van der Waals surface area contributed by atoms with Gasteiger partial charge in [-0.25, -0.2) is 4.98 Å². The molecule has 1 aromatic rings. The van der Waals surface area contributed by atoms with Crippen LogP contribution in [0.4, 0.5) is 5.82 Å². The molecule has 1 atom stereocenters. The Bertz CT molecular complexity index is 618. The highest BCUT2D eigenvalue weighted by Crippen LogP contribution is 2.34. The van der Waals surface area contributed by atoms with Crippen LogP contribution in [-0.4, -0.2) is 66.9 Å². The van der Waals surface area contributed by atoms with Crippen LogP contribution in [0.25, 0.3) is 0 Å². The van der Waals surface area contributed by atoms with Gasteiger partial charge in [0.25, 0.3) is 10.2 Å². The molecule has 22 heavy (non-hydrogen) atoms. The average Bonchev–Trinajstić information content (AvgIpc) is 3.06. The molecule has 0 bridgehead atoms. The van der Waals surface area contributed by atoms with E-state index in [1.165, 1.54) is 4.31 Å². The van der Waals surface area contributed by atoms with Gasteiger partial charge in [-0.05, 0) is 12.8 Å². The summed E-state index contributed by atoms with van der Waals surface area (Å²) >= 11 is 0. The average molecular weight is 327 g/mol. The monoisotopic (exact) mass is 327 g/mol. The molecule has 0 radical (unpaired) electrons. The van der Waals surface area contributed by atoms with E-state index in [2.05, 4.69) is 15.3 Å². The lowest BCUT2D eigenvalue weighted by Gasteiger charge is -2.32. The highest BCUT2D eigenvalue weighted by molar-refractivity contribution is 7.86. The van der Waals surface area contributed by atoms with E-state index in [0.29, 0.717) is 44.4 Å². The Morgan fingerprint density at radius 2 is 2.05 bits per heavy atom. The van der Waals surface area contributed by atoms with Crippen LogP contribution in [0.5, 0.6) is 0 Å². The molecule has 2 fully saturated rings. The third-order valence-electron chi connectivity index (χ3n) is 4.05.